The molecule has 4 nitrogen and oxygen atoms in total. The average Bonchev–Trinajstić information content (AvgIpc) is 2.65. The highest BCUT2D eigenvalue weighted by molar-refractivity contribution is 5.84. The number of hydrogen-bond acceptors (Lipinski definition) is 3. The summed E-state index contributed by atoms with van der Waals surface area (Å²) in [7, 11) is 0. The van der Waals surface area contributed by atoms with E-state index in [1.807, 2.05) is 12.4 Å². The fourth-order valence-corrected chi connectivity index (χ4v) is 3.53. The van der Waals surface area contributed by atoms with Gasteiger partial charge >= 0.3 is 0 Å². The number of piperidine rings is 1. The van der Waals surface area contributed by atoms with Crippen LogP contribution in [0.25, 0.3) is 10.8 Å². The van der Waals surface area contributed by atoms with Crippen molar-refractivity contribution in [1.29, 1.82) is 0 Å². The Morgan fingerprint density at radius 2 is 2.00 bits per heavy atom. The Bertz CT molecular complexity index is 728. The normalized spacial score (nSPS) is 16.6. The third kappa shape index (κ3) is 4.89. The molecule has 1 aliphatic heterocycles. The smallest absolute Gasteiger partial charge is 0.220 e. The second kappa shape index (κ2) is 8.77. The van der Waals surface area contributed by atoms with Gasteiger partial charge in [0.05, 0.1) is 0 Å². The predicted octanol–water partition coefficient (Wildman–Crippen LogP) is 3.31. The minimum absolute atomic E-state index is 0.0783. The van der Waals surface area contributed by atoms with Crippen LogP contribution in [0.2, 0.25) is 0 Å². The first-order valence-corrected chi connectivity index (χ1v) is 9.22. The third-order valence-corrected chi connectivity index (χ3v) is 5.09. The van der Waals surface area contributed by atoms with Gasteiger partial charge in [0.25, 0.3) is 0 Å². The molecule has 1 aromatic heterocycles. The Morgan fingerprint density at radius 3 is 2.80 bits per heavy atom. The number of primary amides is 1. The van der Waals surface area contributed by atoms with Crippen molar-refractivity contribution < 1.29 is 4.79 Å². The number of allylic oxidation sites excluding steroid dienone is 1. The number of fused-ring (bicyclic) bond motifs is 1. The number of unbranched alkanes of at least 4 members (excludes halogenated alkanes) is 1. The number of benzene rings is 1. The Balaban J connectivity index is 1.38. The lowest BCUT2D eigenvalue weighted by atomic mass is 9.96. The molecule has 0 unspecified atom stereocenters. The predicted molar refractivity (Wildman–Crippen MR) is 102 cm³/mol. The van der Waals surface area contributed by atoms with Crippen molar-refractivity contribution in [2.45, 2.75) is 32.1 Å². The van der Waals surface area contributed by atoms with Crippen LogP contribution in [0.1, 0.15) is 31.2 Å². The van der Waals surface area contributed by atoms with Gasteiger partial charge in [-0.05, 0) is 56.1 Å². The van der Waals surface area contributed by atoms with Gasteiger partial charge < -0.3 is 5.73 Å². The number of likely N-dealkylation sites (tertiary alicyclic amines) is 1. The molecule has 2 heterocycles. The van der Waals surface area contributed by atoms with Crippen LogP contribution in [0.15, 0.2) is 48.8 Å². The van der Waals surface area contributed by atoms with Crippen LogP contribution in [0.3, 0.4) is 0 Å². The van der Waals surface area contributed by atoms with Crippen molar-refractivity contribution in [3.05, 3.63) is 54.4 Å². The van der Waals surface area contributed by atoms with Crippen molar-refractivity contribution in [1.82, 2.24) is 9.88 Å². The van der Waals surface area contributed by atoms with E-state index in [4.69, 9.17) is 5.73 Å². The van der Waals surface area contributed by atoms with Crippen LogP contribution in [0.5, 0.6) is 0 Å². The molecule has 0 spiro atoms. The third-order valence-electron chi connectivity index (χ3n) is 5.09. The number of aryl methyl sites for hydroxylation is 1. The summed E-state index contributed by atoms with van der Waals surface area (Å²) in [6, 6.07) is 8.45. The van der Waals surface area contributed by atoms with E-state index in [-0.39, 0.29) is 11.8 Å². The fourth-order valence-electron chi connectivity index (χ4n) is 3.53. The van der Waals surface area contributed by atoms with Gasteiger partial charge in [0.2, 0.25) is 5.91 Å². The molecular formula is C21H27N3O. The summed E-state index contributed by atoms with van der Waals surface area (Å²) in [5.41, 5.74) is 6.71. The number of carbonyl (C=O) groups excluding carboxylic acids is 1. The summed E-state index contributed by atoms with van der Waals surface area (Å²) in [6.45, 7) is 2.92. The SMILES string of the molecule is NC(=O)C1CCN(C/C=C/CCCc2cncc3ccccc23)CC1. The first-order chi connectivity index (χ1) is 12.2. The van der Waals surface area contributed by atoms with Gasteiger partial charge in [-0.3, -0.25) is 14.7 Å². The van der Waals surface area contributed by atoms with Gasteiger partial charge in [-0.25, -0.2) is 0 Å². The minimum Gasteiger partial charge on any atom is -0.369 e. The van der Waals surface area contributed by atoms with Crippen molar-refractivity contribution >= 4 is 16.7 Å². The lowest BCUT2D eigenvalue weighted by molar-refractivity contribution is -0.123. The molecule has 1 aromatic carbocycles. The van der Waals surface area contributed by atoms with Gasteiger partial charge in [0.15, 0.2) is 0 Å². The summed E-state index contributed by atoms with van der Waals surface area (Å²) in [5, 5.41) is 2.54. The van der Waals surface area contributed by atoms with Gasteiger partial charge in [-0.2, -0.15) is 0 Å². The zero-order valence-electron chi connectivity index (χ0n) is 14.7. The van der Waals surface area contributed by atoms with Crippen LogP contribution >= 0.6 is 0 Å². The Labute approximate surface area is 149 Å². The number of nitrogens with two attached hydrogens (primary N) is 1. The Morgan fingerprint density at radius 1 is 1.20 bits per heavy atom. The van der Waals surface area contributed by atoms with Crippen molar-refractivity contribution in [2.75, 3.05) is 19.6 Å². The number of aromatic nitrogens is 1. The number of nitrogens with zero attached hydrogens (tertiary/aromatic N) is 2. The zero-order chi connectivity index (χ0) is 17.5. The highest BCUT2D eigenvalue weighted by Gasteiger charge is 2.21. The Kier molecular flexibility index (Phi) is 6.18. The molecule has 1 amide bonds. The molecule has 2 N–H and O–H groups in total. The molecule has 3 rings (SSSR count). The second-order valence-electron chi connectivity index (χ2n) is 6.86. The molecule has 25 heavy (non-hydrogen) atoms. The maximum Gasteiger partial charge on any atom is 0.220 e. The molecule has 4 heteroatoms. The average molecular weight is 337 g/mol. The van der Waals surface area contributed by atoms with E-state index in [0.717, 1.165) is 51.7 Å². The van der Waals surface area contributed by atoms with Crippen LogP contribution in [0, 0.1) is 5.92 Å². The summed E-state index contributed by atoms with van der Waals surface area (Å²) in [5.74, 6) is -0.0624. The number of amides is 1. The summed E-state index contributed by atoms with van der Waals surface area (Å²) >= 11 is 0. The van der Waals surface area contributed by atoms with Crippen LogP contribution in [-0.4, -0.2) is 35.4 Å². The van der Waals surface area contributed by atoms with E-state index in [0.29, 0.717) is 0 Å². The van der Waals surface area contributed by atoms with Gasteiger partial charge in [-0.15, -0.1) is 0 Å². The zero-order valence-corrected chi connectivity index (χ0v) is 14.7. The molecule has 0 radical (unpaired) electrons. The van der Waals surface area contributed by atoms with Crippen molar-refractivity contribution in [3.8, 4) is 0 Å². The number of hydrogen-bond donors (Lipinski definition) is 1. The summed E-state index contributed by atoms with van der Waals surface area (Å²) in [4.78, 5) is 17.9. The standard InChI is InChI=1S/C21H27N3O/c22-21(25)17-10-13-24(14-11-17)12-6-2-1-3-7-18-15-23-16-19-8-4-5-9-20(18)19/h2,4-6,8-9,15-17H,1,3,7,10-14H2,(H2,22,25)/b6-2+. The molecule has 0 bridgehead atoms. The molecule has 132 valence electrons. The number of pyridine rings is 1. The molecule has 0 saturated carbocycles. The summed E-state index contributed by atoms with van der Waals surface area (Å²) < 4.78 is 0. The topological polar surface area (TPSA) is 59.2 Å². The van der Waals surface area contributed by atoms with Gasteiger partial charge in [-0.1, -0.05) is 36.4 Å². The van der Waals surface area contributed by atoms with E-state index < -0.39 is 0 Å². The Hall–Kier alpha value is -2.20. The fraction of sp³-hybridized carbons (Fsp3) is 0.429. The van der Waals surface area contributed by atoms with Crippen molar-refractivity contribution in [2.24, 2.45) is 11.7 Å². The minimum atomic E-state index is -0.141. The lowest BCUT2D eigenvalue weighted by Crippen LogP contribution is -2.38. The van der Waals surface area contributed by atoms with E-state index >= 15 is 0 Å². The first kappa shape index (κ1) is 17.6. The summed E-state index contributed by atoms with van der Waals surface area (Å²) in [6.07, 6.45) is 13.5. The molecule has 0 aliphatic carbocycles. The van der Waals surface area contributed by atoms with E-state index in [1.165, 1.54) is 16.3 Å². The van der Waals surface area contributed by atoms with Gasteiger partial charge in [0, 0.05) is 30.2 Å². The monoisotopic (exact) mass is 337 g/mol. The largest absolute Gasteiger partial charge is 0.369 e. The highest BCUT2D eigenvalue weighted by Crippen LogP contribution is 2.19. The first-order valence-electron chi connectivity index (χ1n) is 9.22. The number of carbonyl (C=O) groups is 1. The maximum atomic E-state index is 11.2. The molecule has 0 atom stereocenters. The van der Waals surface area contributed by atoms with E-state index in [1.54, 1.807) is 0 Å². The van der Waals surface area contributed by atoms with Crippen LogP contribution in [-0.2, 0) is 11.2 Å². The van der Waals surface area contributed by atoms with Crippen LogP contribution < -0.4 is 5.73 Å². The van der Waals surface area contributed by atoms with Crippen molar-refractivity contribution in [3.63, 3.8) is 0 Å². The molecule has 1 aliphatic rings. The molecule has 1 fully saturated rings. The second-order valence-corrected chi connectivity index (χ2v) is 6.86. The van der Waals surface area contributed by atoms with E-state index in [2.05, 4.69) is 46.3 Å². The molecule has 1 saturated heterocycles. The number of rotatable bonds is 7. The molecular weight excluding hydrogens is 310 g/mol. The highest BCUT2D eigenvalue weighted by atomic mass is 16.1. The van der Waals surface area contributed by atoms with Gasteiger partial charge in [0.1, 0.15) is 0 Å². The maximum absolute atomic E-state index is 11.2. The quantitative estimate of drug-likeness (QED) is 0.623. The van der Waals surface area contributed by atoms with E-state index in [9.17, 15) is 4.79 Å². The lowest BCUT2D eigenvalue weighted by Gasteiger charge is -2.29. The van der Waals surface area contributed by atoms with Crippen LogP contribution in [0.4, 0.5) is 0 Å². The molecule has 2 aromatic rings.